The second-order valence-corrected chi connectivity index (χ2v) is 8.17. The van der Waals surface area contributed by atoms with Crippen LogP contribution in [0, 0.1) is 0 Å². The van der Waals surface area contributed by atoms with Crippen molar-refractivity contribution >= 4 is 6.03 Å². The monoisotopic (exact) mass is 389 g/mol. The van der Waals surface area contributed by atoms with Crippen LogP contribution < -0.4 is 15.4 Å². The molecule has 2 amide bonds. The van der Waals surface area contributed by atoms with E-state index < -0.39 is 0 Å². The van der Waals surface area contributed by atoms with Gasteiger partial charge in [-0.1, -0.05) is 31.4 Å². The van der Waals surface area contributed by atoms with Crippen molar-refractivity contribution in [3.63, 3.8) is 0 Å². The first-order valence-electron chi connectivity index (χ1n) is 10.6. The molecule has 1 atom stereocenters. The van der Waals surface area contributed by atoms with Crippen LogP contribution in [0.25, 0.3) is 0 Å². The molecule has 28 heavy (non-hydrogen) atoms. The zero-order chi connectivity index (χ0) is 19.8. The lowest BCUT2D eigenvalue weighted by molar-refractivity contribution is -0.0357. The van der Waals surface area contributed by atoms with Gasteiger partial charge in [-0.3, -0.25) is 4.90 Å². The number of methoxy groups -OCH3 is 1. The van der Waals surface area contributed by atoms with Crippen molar-refractivity contribution in [1.29, 1.82) is 0 Å². The Balaban J connectivity index is 1.51. The van der Waals surface area contributed by atoms with E-state index in [0.29, 0.717) is 6.54 Å². The molecule has 6 nitrogen and oxygen atoms in total. The molecule has 1 heterocycles. The first-order chi connectivity index (χ1) is 13.6. The van der Waals surface area contributed by atoms with Crippen molar-refractivity contribution < 1.29 is 14.3 Å². The Labute approximate surface area is 169 Å². The van der Waals surface area contributed by atoms with Crippen molar-refractivity contribution in [1.82, 2.24) is 15.5 Å². The molecular formula is C22H35N3O3. The highest BCUT2D eigenvalue weighted by Gasteiger charge is 2.38. The smallest absolute Gasteiger partial charge is 0.315 e. The summed E-state index contributed by atoms with van der Waals surface area (Å²) in [7, 11) is 1.67. The van der Waals surface area contributed by atoms with Crippen LogP contribution >= 0.6 is 0 Å². The number of carbonyl (C=O) groups is 1. The van der Waals surface area contributed by atoms with Gasteiger partial charge < -0.3 is 20.1 Å². The van der Waals surface area contributed by atoms with Crippen molar-refractivity contribution in [2.24, 2.45) is 0 Å². The molecule has 3 rings (SSSR count). The highest BCUT2D eigenvalue weighted by molar-refractivity contribution is 5.74. The van der Waals surface area contributed by atoms with Gasteiger partial charge >= 0.3 is 6.03 Å². The minimum absolute atomic E-state index is 0.0535. The molecule has 1 aromatic rings. The first kappa shape index (κ1) is 20.9. The molecule has 2 N–H and O–H groups in total. The third kappa shape index (κ3) is 5.61. The maximum absolute atomic E-state index is 12.5. The number of urea groups is 1. The molecule has 1 saturated carbocycles. The van der Waals surface area contributed by atoms with Gasteiger partial charge in [0.25, 0.3) is 0 Å². The van der Waals surface area contributed by atoms with Gasteiger partial charge in [-0.05, 0) is 43.9 Å². The van der Waals surface area contributed by atoms with Crippen LogP contribution in [0.4, 0.5) is 4.79 Å². The molecule has 6 heteroatoms. The third-order valence-corrected chi connectivity index (χ3v) is 6.10. The molecule has 1 unspecified atom stereocenters. The summed E-state index contributed by atoms with van der Waals surface area (Å²) < 4.78 is 10.8. The second kappa shape index (κ2) is 10.1. The van der Waals surface area contributed by atoms with E-state index in [4.69, 9.17) is 9.47 Å². The topological polar surface area (TPSA) is 62.8 Å². The van der Waals surface area contributed by atoms with Crippen molar-refractivity contribution in [3.8, 4) is 5.75 Å². The van der Waals surface area contributed by atoms with Gasteiger partial charge in [0.2, 0.25) is 0 Å². The molecule has 1 aliphatic heterocycles. The second-order valence-electron chi connectivity index (χ2n) is 8.17. The van der Waals surface area contributed by atoms with E-state index in [2.05, 4.69) is 21.6 Å². The van der Waals surface area contributed by atoms with Crippen LogP contribution in [-0.4, -0.2) is 62.5 Å². The van der Waals surface area contributed by atoms with Crippen LogP contribution in [0.3, 0.4) is 0 Å². The maximum Gasteiger partial charge on any atom is 0.315 e. The Hall–Kier alpha value is -1.79. The summed E-state index contributed by atoms with van der Waals surface area (Å²) in [6, 6.07) is 7.98. The zero-order valence-electron chi connectivity index (χ0n) is 17.3. The number of hydrogen-bond donors (Lipinski definition) is 2. The molecule has 1 aromatic carbocycles. The Bertz CT molecular complexity index is 625. The van der Waals surface area contributed by atoms with Gasteiger partial charge in [-0.25, -0.2) is 4.79 Å². The summed E-state index contributed by atoms with van der Waals surface area (Å²) in [5.74, 6) is 0.846. The van der Waals surface area contributed by atoms with Crippen LogP contribution in [0.1, 0.15) is 44.6 Å². The number of carbonyl (C=O) groups excluding carboxylic acids is 1. The Kier molecular flexibility index (Phi) is 7.57. The highest BCUT2D eigenvalue weighted by atomic mass is 16.5. The summed E-state index contributed by atoms with van der Waals surface area (Å²) in [6.07, 6.45) is 6.88. The average molecular weight is 390 g/mol. The lowest BCUT2D eigenvalue weighted by Gasteiger charge is -2.48. The summed E-state index contributed by atoms with van der Waals surface area (Å²) in [4.78, 5) is 15.1. The normalized spacial score (nSPS) is 20.9. The lowest BCUT2D eigenvalue weighted by Crippen LogP contribution is -2.60. The maximum atomic E-state index is 12.5. The van der Waals surface area contributed by atoms with Crippen LogP contribution in [-0.2, 0) is 11.2 Å². The highest BCUT2D eigenvalue weighted by Crippen LogP contribution is 2.33. The zero-order valence-corrected chi connectivity index (χ0v) is 17.3. The van der Waals surface area contributed by atoms with E-state index in [1.165, 1.54) is 19.3 Å². The van der Waals surface area contributed by atoms with Crippen LogP contribution in [0.2, 0.25) is 0 Å². The predicted octanol–water partition coefficient (Wildman–Crippen LogP) is 2.96. The van der Waals surface area contributed by atoms with Gasteiger partial charge in [0, 0.05) is 31.2 Å². The summed E-state index contributed by atoms with van der Waals surface area (Å²) >= 11 is 0. The lowest BCUT2D eigenvalue weighted by atomic mass is 9.80. The quantitative estimate of drug-likeness (QED) is 0.753. The summed E-state index contributed by atoms with van der Waals surface area (Å²) in [6.45, 7) is 6.28. The Morgan fingerprint density at radius 2 is 2.00 bits per heavy atom. The summed E-state index contributed by atoms with van der Waals surface area (Å²) in [5.41, 5.74) is 1.25. The van der Waals surface area contributed by atoms with Gasteiger partial charge in [0.15, 0.2) is 0 Å². The van der Waals surface area contributed by atoms with Crippen molar-refractivity contribution in [2.45, 2.75) is 57.0 Å². The number of hydrogen-bond acceptors (Lipinski definition) is 4. The molecule has 0 aromatic heterocycles. The van der Waals surface area contributed by atoms with Crippen molar-refractivity contribution in [2.75, 3.05) is 40.0 Å². The minimum atomic E-state index is -0.0754. The minimum Gasteiger partial charge on any atom is -0.497 e. The predicted molar refractivity (Wildman–Crippen MR) is 111 cm³/mol. The molecule has 0 spiro atoms. The molecule has 2 fully saturated rings. The molecule has 156 valence electrons. The largest absolute Gasteiger partial charge is 0.497 e. The number of nitrogens with zero attached hydrogens (tertiary/aromatic N) is 1. The molecular weight excluding hydrogens is 354 g/mol. The Morgan fingerprint density at radius 3 is 2.71 bits per heavy atom. The fraction of sp³-hybridized carbons (Fsp3) is 0.682. The number of benzene rings is 1. The van der Waals surface area contributed by atoms with Gasteiger partial charge in [0.05, 0.1) is 20.3 Å². The standard InChI is InChI=1S/C22H35N3O3/c1-18(15-19-7-6-8-20(16-19)27-2)24-21(26)23-17-22(9-4-3-5-10-22)25-11-13-28-14-12-25/h6-8,16,18H,3-5,9-15,17H2,1-2H3,(H2,23,24,26). The molecule has 1 aliphatic carbocycles. The number of rotatable bonds is 7. The van der Waals surface area contributed by atoms with E-state index in [-0.39, 0.29) is 17.6 Å². The number of amides is 2. The van der Waals surface area contributed by atoms with Crippen molar-refractivity contribution in [3.05, 3.63) is 29.8 Å². The number of ether oxygens (including phenoxy) is 2. The Morgan fingerprint density at radius 1 is 1.25 bits per heavy atom. The molecule has 2 aliphatic rings. The number of nitrogens with one attached hydrogen (secondary N) is 2. The van der Waals surface area contributed by atoms with E-state index in [1.807, 2.05) is 25.1 Å². The fourth-order valence-corrected chi connectivity index (χ4v) is 4.58. The molecule has 1 saturated heterocycles. The fourth-order valence-electron chi connectivity index (χ4n) is 4.58. The SMILES string of the molecule is COc1cccc(CC(C)NC(=O)NCC2(N3CCOCC3)CCCCC2)c1. The first-order valence-corrected chi connectivity index (χ1v) is 10.6. The van der Waals surface area contributed by atoms with E-state index in [9.17, 15) is 4.79 Å². The molecule has 0 bridgehead atoms. The van der Waals surface area contributed by atoms with Gasteiger partial charge in [-0.15, -0.1) is 0 Å². The average Bonchev–Trinajstić information content (AvgIpc) is 2.73. The third-order valence-electron chi connectivity index (χ3n) is 6.10. The summed E-state index contributed by atoms with van der Waals surface area (Å²) in [5, 5.41) is 6.26. The van der Waals surface area contributed by atoms with Gasteiger partial charge in [0.1, 0.15) is 5.75 Å². The van der Waals surface area contributed by atoms with Gasteiger partial charge in [-0.2, -0.15) is 0 Å². The molecule has 0 radical (unpaired) electrons. The van der Waals surface area contributed by atoms with Crippen LogP contribution in [0.5, 0.6) is 5.75 Å². The van der Waals surface area contributed by atoms with E-state index in [0.717, 1.165) is 56.9 Å². The van der Waals surface area contributed by atoms with E-state index >= 15 is 0 Å². The van der Waals surface area contributed by atoms with E-state index in [1.54, 1.807) is 7.11 Å². The number of morpholine rings is 1. The van der Waals surface area contributed by atoms with Crippen LogP contribution in [0.15, 0.2) is 24.3 Å².